The highest BCUT2D eigenvalue weighted by Crippen LogP contribution is 2.27. The predicted molar refractivity (Wildman–Crippen MR) is 111 cm³/mol. The van der Waals surface area contributed by atoms with Crippen molar-refractivity contribution in [2.75, 3.05) is 0 Å². The van der Waals surface area contributed by atoms with Crippen molar-refractivity contribution in [2.24, 2.45) is 0 Å². The predicted octanol–water partition coefficient (Wildman–Crippen LogP) is 6.43. The van der Waals surface area contributed by atoms with E-state index in [-0.39, 0.29) is 5.92 Å². The van der Waals surface area contributed by atoms with Gasteiger partial charge < -0.3 is 4.43 Å². The van der Waals surface area contributed by atoms with Gasteiger partial charge in [0.05, 0.1) is 6.26 Å². The van der Waals surface area contributed by atoms with E-state index in [1.54, 1.807) is 0 Å². The van der Waals surface area contributed by atoms with Crippen molar-refractivity contribution < 1.29 is 4.43 Å². The first-order valence-corrected chi connectivity index (χ1v) is 15.5. The minimum Gasteiger partial charge on any atom is -0.550 e. The van der Waals surface area contributed by atoms with Gasteiger partial charge in [-0.15, -0.1) is 0 Å². The molecule has 24 heavy (non-hydrogen) atoms. The molecule has 0 atom stereocenters. The molecule has 0 N–H and O–H groups in total. The molecule has 0 radical (unpaired) electrons. The lowest BCUT2D eigenvalue weighted by molar-refractivity contribution is 0.473. The first-order valence-electron chi connectivity index (χ1n) is 8.71. The number of benzene rings is 2. The molecule has 0 bridgehead atoms. The first-order chi connectivity index (χ1) is 11.3. The molecule has 0 saturated heterocycles. The van der Waals surface area contributed by atoms with Crippen molar-refractivity contribution in [1.82, 2.24) is 0 Å². The fourth-order valence-corrected chi connectivity index (χ4v) is 14.4. The zero-order chi connectivity index (χ0) is 17.6. The summed E-state index contributed by atoms with van der Waals surface area (Å²) in [6.07, 6.45) is 4.18. The SMILES string of the molecule is C[Si](C)(C)C[Si](C)(C)O/C=C/C(c1ccccc1)c1ccccc1. The van der Waals surface area contributed by atoms with E-state index in [0.717, 1.165) is 0 Å². The summed E-state index contributed by atoms with van der Waals surface area (Å²) in [6.45, 7) is 11.9. The van der Waals surface area contributed by atoms with E-state index < -0.39 is 16.4 Å². The quantitative estimate of drug-likeness (QED) is 0.411. The highest BCUT2D eigenvalue weighted by Gasteiger charge is 2.30. The Balaban J connectivity index is 2.17. The zero-order valence-corrected chi connectivity index (χ0v) is 17.6. The van der Waals surface area contributed by atoms with Gasteiger partial charge in [0.25, 0.3) is 0 Å². The van der Waals surface area contributed by atoms with Crippen LogP contribution in [-0.4, -0.2) is 16.4 Å². The second-order valence-corrected chi connectivity index (χ2v) is 18.5. The minimum absolute atomic E-state index is 0.240. The van der Waals surface area contributed by atoms with Gasteiger partial charge in [-0.05, 0) is 36.0 Å². The Labute approximate surface area is 149 Å². The van der Waals surface area contributed by atoms with Crippen molar-refractivity contribution in [3.8, 4) is 0 Å². The second-order valence-electron chi connectivity index (χ2n) is 8.24. The molecular formula is C21H30OSi2. The van der Waals surface area contributed by atoms with Crippen LogP contribution in [0.3, 0.4) is 0 Å². The van der Waals surface area contributed by atoms with Gasteiger partial charge in [0.1, 0.15) is 0 Å². The molecule has 0 fully saturated rings. The van der Waals surface area contributed by atoms with E-state index in [1.165, 1.54) is 16.8 Å². The molecular weight excluding hydrogens is 324 g/mol. The normalized spacial score (nSPS) is 12.8. The maximum Gasteiger partial charge on any atom is 0.241 e. The second kappa shape index (κ2) is 7.99. The lowest BCUT2D eigenvalue weighted by atomic mass is 9.91. The summed E-state index contributed by atoms with van der Waals surface area (Å²) in [6, 6.07) is 21.3. The van der Waals surface area contributed by atoms with Crippen LogP contribution in [0.15, 0.2) is 73.0 Å². The molecule has 0 aliphatic heterocycles. The van der Waals surface area contributed by atoms with Gasteiger partial charge in [0.2, 0.25) is 8.32 Å². The molecule has 2 rings (SSSR count). The molecule has 0 unspecified atom stereocenters. The lowest BCUT2D eigenvalue weighted by Gasteiger charge is -2.28. The Morgan fingerprint density at radius 2 is 1.25 bits per heavy atom. The average Bonchev–Trinajstić information content (AvgIpc) is 2.51. The summed E-state index contributed by atoms with van der Waals surface area (Å²) in [5.74, 6) is 0.240. The van der Waals surface area contributed by atoms with Crippen molar-refractivity contribution in [2.45, 2.75) is 44.3 Å². The molecule has 1 nitrogen and oxygen atoms in total. The summed E-state index contributed by atoms with van der Waals surface area (Å²) in [5.41, 5.74) is 3.88. The molecule has 0 spiro atoms. The van der Waals surface area contributed by atoms with Crippen LogP contribution in [0.4, 0.5) is 0 Å². The van der Waals surface area contributed by atoms with E-state index in [0.29, 0.717) is 0 Å². The van der Waals surface area contributed by atoms with E-state index >= 15 is 0 Å². The lowest BCUT2D eigenvalue weighted by Crippen LogP contribution is -2.38. The van der Waals surface area contributed by atoms with Crippen LogP contribution in [0.5, 0.6) is 0 Å². The molecule has 0 aliphatic rings. The monoisotopic (exact) mass is 354 g/mol. The maximum absolute atomic E-state index is 6.27. The number of hydrogen-bond donors (Lipinski definition) is 0. The van der Waals surface area contributed by atoms with E-state index in [9.17, 15) is 0 Å². The average molecular weight is 355 g/mol. The summed E-state index contributed by atoms with van der Waals surface area (Å²) in [7, 11) is -2.73. The van der Waals surface area contributed by atoms with Crippen LogP contribution < -0.4 is 0 Å². The fraction of sp³-hybridized carbons (Fsp3) is 0.333. The van der Waals surface area contributed by atoms with E-state index in [4.69, 9.17) is 4.43 Å². The Morgan fingerprint density at radius 3 is 1.67 bits per heavy atom. The molecule has 0 saturated carbocycles. The maximum atomic E-state index is 6.27. The van der Waals surface area contributed by atoms with Gasteiger partial charge in [-0.1, -0.05) is 80.3 Å². The summed E-state index contributed by atoms with van der Waals surface area (Å²) in [4.78, 5) is 0. The largest absolute Gasteiger partial charge is 0.550 e. The molecule has 0 amide bonds. The Hall–Kier alpha value is -1.59. The van der Waals surface area contributed by atoms with Crippen molar-refractivity contribution >= 4 is 16.4 Å². The van der Waals surface area contributed by atoms with Gasteiger partial charge in [-0.3, -0.25) is 0 Å². The highest BCUT2D eigenvalue weighted by molar-refractivity contribution is 6.92. The van der Waals surface area contributed by atoms with Gasteiger partial charge in [0.15, 0.2) is 0 Å². The van der Waals surface area contributed by atoms with Crippen LogP contribution in [0.2, 0.25) is 38.4 Å². The van der Waals surface area contributed by atoms with Crippen LogP contribution >= 0.6 is 0 Å². The van der Waals surface area contributed by atoms with E-state index in [1.807, 2.05) is 6.26 Å². The van der Waals surface area contributed by atoms with Gasteiger partial charge in [0, 0.05) is 14.0 Å². The third-order valence-electron chi connectivity index (χ3n) is 3.93. The number of rotatable bonds is 7. The highest BCUT2D eigenvalue weighted by atomic mass is 28.4. The molecule has 128 valence electrons. The van der Waals surface area contributed by atoms with Crippen LogP contribution in [0.25, 0.3) is 0 Å². The van der Waals surface area contributed by atoms with Crippen LogP contribution in [0, 0.1) is 0 Å². The van der Waals surface area contributed by atoms with Crippen molar-refractivity contribution in [3.05, 3.63) is 84.1 Å². The summed E-state index contributed by atoms with van der Waals surface area (Å²) >= 11 is 0. The van der Waals surface area contributed by atoms with Crippen molar-refractivity contribution in [3.63, 3.8) is 0 Å². The summed E-state index contributed by atoms with van der Waals surface area (Å²) < 4.78 is 6.27. The Kier molecular flexibility index (Phi) is 6.24. The Bertz CT molecular complexity index is 603. The van der Waals surface area contributed by atoms with Gasteiger partial charge >= 0.3 is 0 Å². The number of allylic oxidation sites excluding steroid dienone is 1. The molecule has 2 aromatic rings. The summed E-state index contributed by atoms with van der Waals surface area (Å²) in [5, 5.41) is 0. The van der Waals surface area contributed by atoms with Gasteiger partial charge in [-0.25, -0.2) is 0 Å². The third-order valence-corrected chi connectivity index (χ3v) is 12.4. The number of hydrogen-bond acceptors (Lipinski definition) is 1. The standard InChI is InChI=1S/C21H30OSi2/c1-23(2,3)18-24(4,5)22-17-16-21(19-12-8-6-9-13-19)20-14-10-7-11-15-20/h6-17,21H,18H2,1-5H3/b17-16+. The topological polar surface area (TPSA) is 9.23 Å². The van der Waals surface area contributed by atoms with Gasteiger partial charge in [-0.2, -0.15) is 0 Å². The van der Waals surface area contributed by atoms with Crippen LogP contribution in [-0.2, 0) is 4.43 Å². The fourth-order valence-electron chi connectivity index (χ4n) is 3.36. The smallest absolute Gasteiger partial charge is 0.241 e. The molecule has 0 aliphatic carbocycles. The minimum atomic E-state index is -1.63. The zero-order valence-electron chi connectivity index (χ0n) is 15.6. The van der Waals surface area contributed by atoms with Crippen molar-refractivity contribution in [1.29, 1.82) is 0 Å². The molecule has 0 aromatic heterocycles. The third kappa shape index (κ3) is 6.13. The van der Waals surface area contributed by atoms with E-state index in [2.05, 4.69) is 99.5 Å². The molecule has 2 aromatic carbocycles. The molecule has 0 heterocycles. The Morgan fingerprint density at radius 1 is 0.792 bits per heavy atom. The molecule has 3 heteroatoms. The first kappa shape index (κ1) is 18.7. The van der Waals surface area contributed by atoms with Crippen LogP contribution in [0.1, 0.15) is 17.0 Å².